The Labute approximate surface area is 107 Å². The van der Waals surface area contributed by atoms with Crippen molar-refractivity contribution < 1.29 is 14.3 Å². The highest BCUT2D eigenvalue weighted by Crippen LogP contribution is 2.15. The summed E-state index contributed by atoms with van der Waals surface area (Å²) in [5, 5.41) is 0. The van der Waals surface area contributed by atoms with Gasteiger partial charge in [0.2, 0.25) is 0 Å². The second-order valence-electron chi connectivity index (χ2n) is 4.59. The Hall–Kier alpha value is -1.84. The second kappa shape index (κ2) is 5.67. The van der Waals surface area contributed by atoms with Crippen molar-refractivity contribution in [2.45, 2.75) is 32.4 Å². The molecular formula is C14H17NO3. The van der Waals surface area contributed by atoms with E-state index in [4.69, 9.17) is 4.74 Å². The number of benzene rings is 1. The molecule has 0 bridgehead atoms. The molecule has 1 aromatic carbocycles. The molecule has 1 aromatic rings. The third kappa shape index (κ3) is 3.09. The monoisotopic (exact) mass is 247 g/mol. The van der Waals surface area contributed by atoms with E-state index in [2.05, 4.69) is 0 Å². The van der Waals surface area contributed by atoms with Crippen molar-refractivity contribution in [1.29, 1.82) is 0 Å². The van der Waals surface area contributed by atoms with Crippen LogP contribution in [-0.4, -0.2) is 29.4 Å². The van der Waals surface area contributed by atoms with Gasteiger partial charge in [0, 0.05) is 12.5 Å². The zero-order valence-corrected chi connectivity index (χ0v) is 10.5. The van der Waals surface area contributed by atoms with Gasteiger partial charge in [-0.2, -0.15) is 0 Å². The summed E-state index contributed by atoms with van der Waals surface area (Å²) in [6.45, 7) is 2.36. The van der Waals surface area contributed by atoms with Crippen molar-refractivity contribution in [1.82, 2.24) is 4.90 Å². The van der Waals surface area contributed by atoms with Crippen molar-refractivity contribution >= 4 is 11.9 Å². The lowest BCUT2D eigenvalue weighted by atomic mass is 10.0. The van der Waals surface area contributed by atoms with Gasteiger partial charge in [0.15, 0.2) is 5.78 Å². The molecule has 0 N–H and O–H groups in total. The van der Waals surface area contributed by atoms with E-state index in [0.717, 1.165) is 12.0 Å². The number of Topliss-reactive ketones (excluding diaryl/α,β-unsaturated/α-hetero) is 1. The third-order valence-electron chi connectivity index (χ3n) is 3.16. The normalized spacial score (nSPS) is 19.7. The van der Waals surface area contributed by atoms with Gasteiger partial charge in [0.25, 0.3) is 0 Å². The van der Waals surface area contributed by atoms with Crippen LogP contribution >= 0.6 is 0 Å². The predicted molar refractivity (Wildman–Crippen MR) is 67.0 cm³/mol. The molecule has 1 fully saturated rings. The molecule has 1 amide bonds. The van der Waals surface area contributed by atoms with Crippen LogP contribution in [0.4, 0.5) is 4.79 Å². The summed E-state index contributed by atoms with van der Waals surface area (Å²) in [6, 6.07) is 9.59. The number of rotatable bonds is 2. The highest BCUT2D eigenvalue weighted by Gasteiger charge is 2.28. The first-order valence-corrected chi connectivity index (χ1v) is 6.16. The molecule has 4 nitrogen and oxygen atoms in total. The first-order chi connectivity index (χ1) is 8.66. The van der Waals surface area contributed by atoms with E-state index in [-0.39, 0.29) is 25.0 Å². The predicted octanol–water partition coefficient (Wildman–Crippen LogP) is 2.38. The summed E-state index contributed by atoms with van der Waals surface area (Å²) in [5.41, 5.74) is 0.946. The number of piperidine rings is 1. The molecule has 4 heteroatoms. The average molecular weight is 247 g/mol. The fourth-order valence-electron chi connectivity index (χ4n) is 2.00. The van der Waals surface area contributed by atoms with Gasteiger partial charge in [0.05, 0.1) is 6.54 Å². The number of likely N-dealkylation sites (tertiary alicyclic amines) is 1. The number of nitrogens with zero attached hydrogens (tertiary/aromatic N) is 1. The van der Waals surface area contributed by atoms with Crippen LogP contribution in [0.25, 0.3) is 0 Å². The summed E-state index contributed by atoms with van der Waals surface area (Å²) < 4.78 is 5.22. The number of ketones is 1. The number of carbonyl (C=O) groups excluding carboxylic acids is 2. The SMILES string of the molecule is C[C@@H]1CCC(=O)CN1C(=O)OCc1ccccc1. The lowest BCUT2D eigenvalue weighted by Gasteiger charge is -2.31. The molecule has 1 atom stereocenters. The molecule has 0 aliphatic carbocycles. The lowest BCUT2D eigenvalue weighted by Crippen LogP contribution is -2.45. The molecule has 0 spiro atoms. The molecular weight excluding hydrogens is 230 g/mol. The zero-order valence-electron chi connectivity index (χ0n) is 10.5. The molecule has 0 aromatic heterocycles. The summed E-state index contributed by atoms with van der Waals surface area (Å²) in [5.74, 6) is 0.102. The van der Waals surface area contributed by atoms with Crippen molar-refractivity contribution in [2.75, 3.05) is 6.54 Å². The van der Waals surface area contributed by atoms with E-state index in [1.54, 1.807) is 0 Å². The molecule has 1 aliphatic heterocycles. The topological polar surface area (TPSA) is 46.6 Å². The molecule has 0 unspecified atom stereocenters. The van der Waals surface area contributed by atoms with Gasteiger partial charge in [-0.15, -0.1) is 0 Å². The quantitative estimate of drug-likeness (QED) is 0.806. The Morgan fingerprint density at radius 3 is 2.83 bits per heavy atom. The van der Waals surface area contributed by atoms with Gasteiger partial charge in [-0.05, 0) is 18.9 Å². The average Bonchev–Trinajstić information content (AvgIpc) is 2.40. The van der Waals surface area contributed by atoms with Crippen LogP contribution < -0.4 is 0 Å². The van der Waals surface area contributed by atoms with Crippen LogP contribution in [0, 0.1) is 0 Å². The van der Waals surface area contributed by atoms with Gasteiger partial charge in [-0.3, -0.25) is 9.69 Å². The Morgan fingerprint density at radius 1 is 1.39 bits per heavy atom. The van der Waals surface area contributed by atoms with Crippen LogP contribution in [0.15, 0.2) is 30.3 Å². The smallest absolute Gasteiger partial charge is 0.410 e. The van der Waals surface area contributed by atoms with Gasteiger partial charge in [-0.1, -0.05) is 30.3 Å². The number of hydrogen-bond acceptors (Lipinski definition) is 3. The molecule has 0 radical (unpaired) electrons. The molecule has 1 saturated heterocycles. The van der Waals surface area contributed by atoms with Crippen molar-refractivity contribution in [3.05, 3.63) is 35.9 Å². The van der Waals surface area contributed by atoms with Crippen LogP contribution in [0.5, 0.6) is 0 Å². The van der Waals surface area contributed by atoms with E-state index in [0.29, 0.717) is 6.42 Å². The van der Waals surface area contributed by atoms with Crippen LogP contribution in [0.3, 0.4) is 0 Å². The van der Waals surface area contributed by atoms with E-state index < -0.39 is 6.09 Å². The second-order valence-corrected chi connectivity index (χ2v) is 4.59. The summed E-state index contributed by atoms with van der Waals surface area (Å²) in [6.07, 6.45) is 0.877. The first-order valence-electron chi connectivity index (χ1n) is 6.16. The fraction of sp³-hybridized carbons (Fsp3) is 0.429. The number of ether oxygens (including phenoxy) is 1. The van der Waals surface area contributed by atoms with Crippen LogP contribution in [-0.2, 0) is 16.1 Å². The van der Waals surface area contributed by atoms with Gasteiger partial charge < -0.3 is 4.74 Å². The Kier molecular flexibility index (Phi) is 3.97. The lowest BCUT2D eigenvalue weighted by molar-refractivity contribution is -0.122. The van der Waals surface area contributed by atoms with Gasteiger partial charge in [-0.25, -0.2) is 4.79 Å². The van der Waals surface area contributed by atoms with E-state index >= 15 is 0 Å². The Bertz CT molecular complexity index is 430. The standard InChI is InChI=1S/C14H17NO3/c1-11-7-8-13(16)9-15(11)14(17)18-10-12-5-3-2-4-6-12/h2-6,11H,7-10H2,1H3/t11-/m1/s1. The summed E-state index contributed by atoms with van der Waals surface area (Å²) >= 11 is 0. The maximum atomic E-state index is 11.9. The molecule has 0 saturated carbocycles. The molecule has 18 heavy (non-hydrogen) atoms. The van der Waals surface area contributed by atoms with Crippen molar-refractivity contribution in [3.63, 3.8) is 0 Å². The highest BCUT2D eigenvalue weighted by molar-refractivity contribution is 5.85. The minimum Gasteiger partial charge on any atom is -0.445 e. The fourth-order valence-corrected chi connectivity index (χ4v) is 2.00. The Morgan fingerprint density at radius 2 is 2.11 bits per heavy atom. The molecule has 1 aliphatic rings. The number of amides is 1. The summed E-state index contributed by atoms with van der Waals surface area (Å²) in [4.78, 5) is 24.7. The number of hydrogen-bond donors (Lipinski definition) is 0. The number of carbonyl (C=O) groups is 2. The third-order valence-corrected chi connectivity index (χ3v) is 3.16. The van der Waals surface area contributed by atoms with Crippen LogP contribution in [0.2, 0.25) is 0 Å². The molecule has 96 valence electrons. The van der Waals surface area contributed by atoms with Crippen LogP contribution in [0.1, 0.15) is 25.3 Å². The van der Waals surface area contributed by atoms with E-state index in [1.165, 1.54) is 4.90 Å². The van der Waals surface area contributed by atoms with Crippen molar-refractivity contribution in [2.24, 2.45) is 0 Å². The maximum absolute atomic E-state index is 11.9. The highest BCUT2D eigenvalue weighted by atomic mass is 16.6. The van der Waals surface area contributed by atoms with Gasteiger partial charge >= 0.3 is 6.09 Å². The van der Waals surface area contributed by atoms with Crippen molar-refractivity contribution in [3.8, 4) is 0 Å². The first kappa shape index (κ1) is 12.6. The summed E-state index contributed by atoms with van der Waals surface area (Å²) in [7, 11) is 0. The molecule has 1 heterocycles. The van der Waals surface area contributed by atoms with E-state index in [1.807, 2.05) is 37.3 Å². The minimum atomic E-state index is -0.403. The Balaban J connectivity index is 1.89. The van der Waals surface area contributed by atoms with E-state index in [9.17, 15) is 9.59 Å². The molecule has 2 rings (SSSR count). The minimum absolute atomic E-state index is 0.0750. The maximum Gasteiger partial charge on any atom is 0.410 e. The zero-order chi connectivity index (χ0) is 13.0. The largest absolute Gasteiger partial charge is 0.445 e. The van der Waals surface area contributed by atoms with Gasteiger partial charge in [0.1, 0.15) is 6.61 Å².